The summed E-state index contributed by atoms with van der Waals surface area (Å²) in [4.78, 5) is 16.7. The van der Waals surface area contributed by atoms with Crippen molar-refractivity contribution in [3.63, 3.8) is 0 Å². The van der Waals surface area contributed by atoms with Crippen LogP contribution in [0.1, 0.15) is 27.2 Å². The molecule has 6 nitrogen and oxygen atoms in total. The van der Waals surface area contributed by atoms with Crippen LogP contribution in [-0.4, -0.2) is 20.7 Å². The quantitative estimate of drug-likeness (QED) is 0.357. The highest BCUT2D eigenvalue weighted by Gasteiger charge is 2.39. The molecule has 1 aromatic carbocycles. The maximum absolute atomic E-state index is 13.5. The number of benzene rings is 1. The first kappa shape index (κ1) is 23.1. The Morgan fingerprint density at radius 3 is 2.44 bits per heavy atom. The van der Waals surface area contributed by atoms with E-state index in [1.165, 1.54) is 31.6 Å². The molecule has 0 bridgehead atoms. The van der Waals surface area contributed by atoms with Crippen molar-refractivity contribution < 1.29 is 35.6 Å². The number of aromatic nitrogens is 3. The van der Waals surface area contributed by atoms with Gasteiger partial charge in [0.2, 0.25) is 0 Å². The number of carbonyl (C=O) groups excluding carboxylic acids is 1. The van der Waals surface area contributed by atoms with Gasteiger partial charge >= 0.3 is 12.4 Å². The van der Waals surface area contributed by atoms with Crippen LogP contribution in [0.15, 0.2) is 65.7 Å². The van der Waals surface area contributed by atoms with Gasteiger partial charge in [-0.2, -0.15) is 31.4 Å². The number of amides is 1. The van der Waals surface area contributed by atoms with Crippen molar-refractivity contribution in [1.29, 1.82) is 0 Å². The van der Waals surface area contributed by atoms with E-state index in [1.807, 2.05) is 0 Å². The monoisotopic (exact) mass is 480 g/mol. The van der Waals surface area contributed by atoms with Crippen molar-refractivity contribution in [2.24, 2.45) is 0 Å². The number of hydrogen-bond donors (Lipinski definition) is 1. The number of anilines is 1. The van der Waals surface area contributed by atoms with E-state index in [4.69, 9.17) is 4.42 Å². The number of halogens is 6. The third kappa shape index (κ3) is 4.65. The molecular weight excluding hydrogens is 466 g/mol. The molecule has 12 heteroatoms. The molecule has 176 valence electrons. The molecule has 1 N–H and O–H groups in total. The maximum Gasteiger partial charge on any atom is 0.418 e. The van der Waals surface area contributed by atoms with Crippen LogP contribution in [0.4, 0.5) is 32.0 Å². The number of furan rings is 1. The Kier molecular flexibility index (Phi) is 5.67. The minimum atomic E-state index is -5.07. The number of rotatable bonds is 4. The molecule has 0 aliphatic carbocycles. The zero-order valence-electron chi connectivity index (χ0n) is 17.2. The number of aryl methyl sites for hydroxylation is 1. The lowest BCUT2D eigenvalue weighted by molar-refractivity contribution is -0.143. The second-order valence-electron chi connectivity index (χ2n) is 7.19. The fraction of sp³-hybridized carbons (Fsp3) is 0.136. The molecule has 1 amide bonds. The fourth-order valence-corrected chi connectivity index (χ4v) is 3.18. The fourth-order valence-electron chi connectivity index (χ4n) is 3.18. The van der Waals surface area contributed by atoms with Gasteiger partial charge in [0, 0.05) is 18.0 Å². The van der Waals surface area contributed by atoms with Crippen molar-refractivity contribution in [3.05, 3.63) is 83.6 Å². The molecule has 34 heavy (non-hydrogen) atoms. The highest BCUT2D eigenvalue weighted by Crippen LogP contribution is 2.38. The van der Waals surface area contributed by atoms with Gasteiger partial charge in [-0.1, -0.05) is 0 Å². The first-order valence-corrected chi connectivity index (χ1v) is 9.59. The summed E-state index contributed by atoms with van der Waals surface area (Å²) >= 11 is 0. The van der Waals surface area contributed by atoms with Gasteiger partial charge < -0.3 is 9.73 Å². The van der Waals surface area contributed by atoms with E-state index in [2.05, 4.69) is 15.4 Å². The molecule has 0 fully saturated rings. The summed E-state index contributed by atoms with van der Waals surface area (Å²) in [5.74, 6) is -0.139. The average molecular weight is 480 g/mol. The lowest BCUT2D eigenvalue weighted by atomic mass is 10.1. The van der Waals surface area contributed by atoms with Crippen LogP contribution >= 0.6 is 0 Å². The van der Waals surface area contributed by atoms with Crippen LogP contribution < -0.4 is 5.32 Å². The van der Waals surface area contributed by atoms with Gasteiger partial charge in [0.05, 0.1) is 46.2 Å². The van der Waals surface area contributed by atoms with Crippen LogP contribution in [-0.2, 0) is 12.4 Å². The van der Waals surface area contributed by atoms with Crippen molar-refractivity contribution in [1.82, 2.24) is 14.8 Å². The van der Waals surface area contributed by atoms with Crippen LogP contribution in [0.25, 0.3) is 17.0 Å². The number of alkyl halides is 6. The second-order valence-corrected chi connectivity index (χ2v) is 7.19. The van der Waals surface area contributed by atoms with Crippen molar-refractivity contribution in [2.45, 2.75) is 19.3 Å². The van der Waals surface area contributed by atoms with Gasteiger partial charge in [-0.25, -0.2) is 4.68 Å². The zero-order valence-corrected chi connectivity index (χ0v) is 17.2. The Hall–Kier alpha value is -4.09. The van der Waals surface area contributed by atoms with Crippen LogP contribution in [0, 0.1) is 6.92 Å². The summed E-state index contributed by atoms with van der Waals surface area (Å²) in [6.45, 7) is 1.43. The normalized spacial score (nSPS) is 12.1. The first-order chi connectivity index (χ1) is 15.9. The van der Waals surface area contributed by atoms with E-state index in [9.17, 15) is 31.1 Å². The Morgan fingerprint density at radius 2 is 1.79 bits per heavy atom. The summed E-state index contributed by atoms with van der Waals surface area (Å²) in [7, 11) is 0. The Bertz CT molecular complexity index is 1340. The molecule has 0 aliphatic heterocycles. The predicted molar refractivity (Wildman–Crippen MR) is 108 cm³/mol. The number of nitrogens with one attached hydrogen (secondary N) is 1. The van der Waals surface area contributed by atoms with Gasteiger partial charge in [-0.3, -0.25) is 9.78 Å². The van der Waals surface area contributed by atoms with E-state index < -0.39 is 35.1 Å². The minimum Gasteiger partial charge on any atom is -0.464 e. The maximum atomic E-state index is 13.5. The van der Waals surface area contributed by atoms with Crippen molar-refractivity contribution in [2.75, 3.05) is 5.32 Å². The largest absolute Gasteiger partial charge is 0.464 e. The smallest absolute Gasteiger partial charge is 0.418 e. The standard InChI is InChI=1S/C22H14F6N4O2/c1-12-17(30-20(33)14-7-13(9-29-10-14)19-3-2-6-34-19)11-32(31-12)18-5-4-15(21(23,24)25)8-16(18)22(26,27)28/h2-11H,1H3,(H,30,33). The Labute approximate surface area is 187 Å². The van der Waals surface area contributed by atoms with Gasteiger partial charge in [0.15, 0.2) is 0 Å². The van der Waals surface area contributed by atoms with Crippen molar-refractivity contribution in [3.8, 4) is 17.0 Å². The minimum absolute atomic E-state index is 0.0242. The molecule has 4 aromatic rings. The molecule has 0 atom stereocenters. The SMILES string of the molecule is Cc1nn(-c2ccc(C(F)(F)F)cc2C(F)(F)F)cc1NC(=O)c1cncc(-c2ccco2)c1. The lowest BCUT2D eigenvalue weighted by Gasteiger charge is -2.15. The summed E-state index contributed by atoms with van der Waals surface area (Å²) in [6, 6.07) is 6.09. The predicted octanol–water partition coefficient (Wildman–Crippen LogP) is 6.13. The average Bonchev–Trinajstić information content (AvgIpc) is 3.43. The van der Waals surface area contributed by atoms with Crippen LogP contribution in [0.2, 0.25) is 0 Å². The third-order valence-corrected chi connectivity index (χ3v) is 4.83. The number of pyridine rings is 1. The number of carbonyl (C=O) groups is 1. The number of nitrogens with zero attached hydrogens (tertiary/aromatic N) is 3. The molecular formula is C22H14F6N4O2. The molecule has 0 saturated carbocycles. The van der Waals surface area contributed by atoms with Crippen LogP contribution in [0.5, 0.6) is 0 Å². The first-order valence-electron chi connectivity index (χ1n) is 9.59. The Morgan fingerprint density at radius 1 is 1.03 bits per heavy atom. The summed E-state index contributed by atoms with van der Waals surface area (Å²) in [5.41, 5.74) is -2.68. The molecule has 0 aliphatic rings. The van der Waals surface area contributed by atoms with E-state index in [-0.39, 0.29) is 23.0 Å². The topological polar surface area (TPSA) is 73.0 Å². The number of hydrogen-bond acceptors (Lipinski definition) is 4. The molecule has 0 radical (unpaired) electrons. The molecule has 0 saturated heterocycles. The van der Waals surface area contributed by atoms with E-state index in [0.717, 1.165) is 10.9 Å². The molecule has 4 rings (SSSR count). The highest BCUT2D eigenvalue weighted by atomic mass is 19.4. The van der Waals surface area contributed by atoms with E-state index in [1.54, 1.807) is 12.1 Å². The molecule has 3 heterocycles. The van der Waals surface area contributed by atoms with Gasteiger partial charge in [-0.15, -0.1) is 0 Å². The van der Waals surface area contributed by atoms with Gasteiger partial charge in [0.25, 0.3) is 5.91 Å². The summed E-state index contributed by atoms with van der Waals surface area (Å²) in [6.07, 6.45) is -4.69. The third-order valence-electron chi connectivity index (χ3n) is 4.83. The highest BCUT2D eigenvalue weighted by molar-refractivity contribution is 6.04. The van der Waals surface area contributed by atoms with Gasteiger partial charge in [-0.05, 0) is 43.3 Å². The van der Waals surface area contributed by atoms with Crippen molar-refractivity contribution >= 4 is 11.6 Å². The van der Waals surface area contributed by atoms with E-state index in [0.29, 0.717) is 23.5 Å². The molecule has 3 aromatic heterocycles. The Balaban J connectivity index is 1.65. The van der Waals surface area contributed by atoms with Gasteiger partial charge in [0.1, 0.15) is 5.76 Å². The summed E-state index contributed by atoms with van der Waals surface area (Å²) in [5, 5.41) is 6.47. The zero-order chi connectivity index (χ0) is 24.7. The van der Waals surface area contributed by atoms with Crippen LogP contribution in [0.3, 0.4) is 0 Å². The molecule has 0 spiro atoms. The molecule has 0 unspecified atom stereocenters. The van der Waals surface area contributed by atoms with E-state index >= 15 is 0 Å². The summed E-state index contributed by atoms with van der Waals surface area (Å²) < 4.78 is 85.3. The second kappa shape index (κ2) is 8.36. The lowest BCUT2D eigenvalue weighted by Crippen LogP contribution is -2.15.